The zero-order valence-corrected chi connectivity index (χ0v) is 12.7. The minimum absolute atomic E-state index is 0.0607. The van der Waals surface area contributed by atoms with Crippen molar-refractivity contribution >= 4 is 5.91 Å². The van der Waals surface area contributed by atoms with Gasteiger partial charge in [0.25, 0.3) is 0 Å². The molecular weight excluding hydrogens is 252 g/mol. The first-order chi connectivity index (χ1) is 9.51. The second kappa shape index (κ2) is 6.27. The maximum Gasteiger partial charge on any atom is 0.237 e. The highest BCUT2D eigenvalue weighted by Crippen LogP contribution is 2.26. The Morgan fingerprint density at radius 2 is 2.05 bits per heavy atom. The Morgan fingerprint density at radius 1 is 1.35 bits per heavy atom. The van der Waals surface area contributed by atoms with Gasteiger partial charge in [-0.1, -0.05) is 12.1 Å². The molecule has 0 aromatic heterocycles. The monoisotopic (exact) mass is 276 g/mol. The summed E-state index contributed by atoms with van der Waals surface area (Å²) >= 11 is 0. The van der Waals surface area contributed by atoms with E-state index in [1.807, 2.05) is 26.8 Å². The zero-order valence-electron chi connectivity index (χ0n) is 12.7. The number of benzene rings is 1. The van der Waals surface area contributed by atoms with E-state index in [0.717, 1.165) is 29.7 Å². The maximum atomic E-state index is 12.0. The van der Waals surface area contributed by atoms with Gasteiger partial charge in [0.1, 0.15) is 5.75 Å². The van der Waals surface area contributed by atoms with Crippen LogP contribution in [-0.4, -0.2) is 25.1 Å². The topological polar surface area (TPSA) is 50.4 Å². The van der Waals surface area contributed by atoms with E-state index in [1.54, 1.807) is 7.11 Å². The molecule has 0 heterocycles. The second-order valence-electron chi connectivity index (χ2n) is 5.64. The van der Waals surface area contributed by atoms with Crippen molar-refractivity contribution in [2.45, 2.75) is 51.7 Å². The standard InChI is InChI=1S/C16H24N2O2/c1-10-5-8-14(15(9-10)20-4)11(2)17-12(3)16(19)18-13-6-7-13/h5,8-9,11-13,17H,6-7H2,1-4H3,(H,18,19). The number of carbonyl (C=O) groups excluding carboxylic acids is 1. The third-order valence-electron chi connectivity index (χ3n) is 3.67. The van der Waals surface area contributed by atoms with Crippen LogP contribution in [0.3, 0.4) is 0 Å². The number of carbonyl (C=O) groups is 1. The maximum absolute atomic E-state index is 12.0. The van der Waals surface area contributed by atoms with Gasteiger partial charge in [-0.25, -0.2) is 0 Å². The van der Waals surface area contributed by atoms with Crippen LogP contribution in [0.25, 0.3) is 0 Å². The molecule has 0 aliphatic heterocycles. The molecule has 2 unspecified atom stereocenters. The van der Waals surface area contributed by atoms with Gasteiger partial charge in [0.2, 0.25) is 5.91 Å². The lowest BCUT2D eigenvalue weighted by Gasteiger charge is -2.22. The number of methoxy groups -OCH3 is 1. The van der Waals surface area contributed by atoms with Gasteiger partial charge in [-0.3, -0.25) is 10.1 Å². The summed E-state index contributed by atoms with van der Waals surface area (Å²) in [5.41, 5.74) is 2.24. The van der Waals surface area contributed by atoms with E-state index in [0.29, 0.717) is 6.04 Å². The summed E-state index contributed by atoms with van der Waals surface area (Å²) in [6, 6.07) is 6.38. The Labute approximate surface area is 120 Å². The van der Waals surface area contributed by atoms with Crippen molar-refractivity contribution in [2.24, 2.45) is 0 Å². The molecule has 1 aromatic rings. The van der Waals surface area contributed by atoms with Crippen molar-refractivity contribution in [3.8, 4) is 5.75 Å². The van der Waals surface area contributed by atoms with Crippen molar-refractivity contribution in [1.82, 2.24) is 10.6 Å². The molecule has 1 amide bonds. The van der Waals surface area contributed by atoms with E-state index in [9.17, 15) is 4.79 Å². The molecule has 2 N–H and O–H groups in total. The highest BCUT2D eigenvalue weighted by molar-refractivity contribution is 5.81. The van der Waals surface area contributed by atoms with E-state index in [4.69, 9.17) is 4.74 Å². The Kier molecular flexibility index (Phi) is 4.65. The lowest BCUT2D eigenvalue weighted by molar-refractivity contribution is -0.123. The summed E-state index contributed by atoms with van der Waals surface area (Å²) in [5.74, 6) is 0.935. The molecule has 0 saturated heterocycles. The van der Waals surface area contributed by atoms with Crippen LogP contribution in [-0.2, 0) is 4.79 Å². The average molecular weight is 276 g/mol. The quantitative estimate of drug-likeness (QED) is 0.838. The van der Waals surface area contributed by atoms with Gasteiger partial charge in [0.15, 0.2) is 0 Å². The van der Waals surface area contributed by atoms with Crippen LogP contribution in [0.1, 0.15) is 43.9 Å². The van der Waals surface area contributed by atoms with E-state index >= 15 is 0 Å². The predicted molar refractivity (Wildman–Crippen MR) is 79.9 cm³/mol. The summed E-state index contributed by atoms with van der Waals surface area (Å²) in [4.78, 5) is 12.0. The number of amides is 1. The largest absolute Gasteiger partial charge is 0.496 e. The molecule has 1 aromatic carbocycles. The van der Waals surface area contributed by atoms with Crippen molar-refractivity contribution in [3.05, 3.63) is 29.3 Å². The first kappa shape index (κ1) is 14.9. The number of hydrogen-bond donors (Lipinski definition) is 2. The van der Waals surface area contributed by atoms with Crippen molar-refractivity contribution in [2.75, 3.05) is 7.11 Å². The fourth-order valence-corrected chi connectivity index (χ4v) is 2.27. The molecule has 20 heavy (non-hydrogen) atoms. The molecule has 1 aliphatic rings. The Bertz CT molecular complexity index is 483. The smallest absolute Gasteiger partial charge is 0.237 e. The van der Waals surface area contributed by atoms with E-state index < -0.39 is 0 Å². The van der Waals surface area contributed by atoms with Crippen LogP contribution >= 0.6 is 0 Å². The highest BCUT2D eigenvalue weighted by atomic mass is 16.5. The highest BCUT2D eigenvalue weighted by Gasteiger charge is 2.26. The Balaban J connectivity index is 1.99. The summed E-state index contributed by atoms with van der Waals surface area (Å²) in [6.45, 7) is 5.99. The fourth-order valence-electron chi connectivity index (χ4n) is 2.27. The van der Waals surface area contributed by atoms with Crippen LogP contribution < -0.4 is 15.4 Å². The molecule has 0 bridgehead atoms. The number of aryl methyl sites for hydroxylation is 1. The number of ether oxygens (including phenoxy) is 1. The Morgan fingerprint density at radius 3 is 2.65 bits per heavy atom. The molecule has 1 aliphatic carbocycles. The Hall–Kier alpha value is -1.55. The summed E-state index contributed by atoms with van der Waals surface area (Å²) in [5, 5.41) is 6.35. The van der Waals surface area contributed by atoms with Gasteiger partial charge in [-0.2, -0.15) is 0 Å². The summed E-state index contributed by atoms with van der Waals surface area (Å²) in [7, 11) is 1.67. The third kappa shape index (κ3) is 3.73. The fraction of sp³-hybridized carbons (Fsp3) is 0.562. The minimum atomic E-state index is -0.211. The van der Waals surface area contributed by atoms with Crippen molar-refractivity contribution in [3.63, 3.8) is 0 Å². The molecule has 4 heteroatoms. The van der Waals surface area contributed by atoms with Gasteiger partial charge in [-0.15, -0.1) is 0 Å². The van der Waals surface area contributed by atoms with Crippen molar-refractivity contribution < 1.29 is 9.53 Å². The average Bonchev–Trinajstić information content (AvgIpc) is 3.22. The van der Waals surface area contributed by atoms with Gasteiger partial charge < -0.3 is 10.1 Å². The van der Waals surface area contributed by atoms with Crippen LogP contribution in [0, 0.1) is 6.92 Å². The number of hydrogen-bond acceptors (Lipinski definition) is 3. The number of nitrogens with one attached hydrogen (secondary N) is 2. The van der Waals surface area contributed by atoms with Gasteiger partial charge in [0.05, 0.1) is 13.2 Å². The van der Waals surface area contributed by atoms with E-state index in [2.05, 4.69) is 22.8 Å². The molecule has 4 nitrogen and oxygen atoms in total. The molecule has 1 saturated carbocycles. The molecule has 1 fully saturated rings. The molecule has 0 radical (unpaired) electrons. The van der Waals surface area contributed by atoms with Gasteiger partial charge in [-0.05, 0) is 45.2 Å². The lowest BCUT2D eigenvalue weighted by atomic mass is 10.0. The van der Waals surface area contributed by atoms with Crippen LogP contribution in [0.4, 0.5) is 0 Å². The molecule has 110 valence electrons. The SMILES string of the molecule is COc1cc(C)ccc1C(C)NC(C)C(=O)NC1CC1. The van der Waals surface area contributed by atoms with Gasteiger partial charge in [0, 0.05) is 17.6 Å². The van der Waals surface area contributed by atoms with Gasteiger partial charge >= 0.3 is 0 Å². The zero-order chi connectivity index (χ0) is 14.7. The van der Waals surface area contributed by atoms with E-state index in [-0.39, 0.29) is 18.0 Å². The molecule has 0 spiro atoms. The first-order valence-corrected chi connectivity index (χ1v) is 7.22. The molecule has 2 atom stereocenters. The van der Waals surface area contributed by atoms with Crippen molar-refractivity contribution in [1.29, 1.82) is 0 Å². The number of rotatable bonds is 6. The summed E-state index contributed by atoms with van der Waals surface area (Å²) in [6.07, 6.45) is 2.22. The van der Waals surface area contributed by atoms with E-state index in [1.165, 1.54) is 0 Å². The van der Waals surface area contributed by atoms with Crippen LogP contribution in [0.15, 0.2) is 18.2 Å². The van der Waals surface area contributed by atoms with Crippen LogP contribution in [0.5, 0.6) is 5.75 Å². The van der Waals surface area contributed by atoms with Crippen LogP contribution in [0.2, 0.25) is 0 Å². The predicted octanol–water partition coefficient (Wildman–Crippen LogP) is 2.32. The normalized spacial score (nSPS) is 17.4. The second-order valence-corrected chi connectivity index (χ2v) is 5.64. The third-order valence-corrected chi connectivity index (χ3v) is 3.67. The molecule has 2 rings (SSSR count). The lowest BCUT2D eigenvalue weighted by Crippen LogP contribution is -2.43. The summed E-state index contributed by atoms with van der Waals surface area (Å²) < 4.78 is 5.42. The molecular formula is C16H24N2O2. The first-order valence-electron chi connectivity index (χ1n) is 7.22. The minimum Gasteiger partial charge on any atom is -0.496 e.